The number of thiazole rings is 1. The molecule has 0 aromatic carbocycles. The number of pyridine rings is 1. The molecule has 1 aliphatic rings. The Morgan fingerprint density at radius 3 is 2.93 bits per heavy atom. The summed E-state index contributed by atoms with van der Waals surface area (Å²) in [5.41, 5.74) is 8.29. The lowest BCUT2D eigenvalue weighted by Gasteiger charge is -2.17. The lowest BCUT2D eigenvalue weighted by molar-refractivity contribution is 0.121. The SMILES string of the molecule is CO[C@@H]1CCN(c2cncc(-c3nc(-c4nccs4)cc(N)c3C#N)n2)C1. The molecule has 0 bridgehead atoms. The van der Waals surface area contributed by atoms with Crippen LogP contribution >= 0.6 is 11.3 Å². The number of hydrogen-bond donors (Lipinski definition) is 1. The summed E-state index contributed by atoms with van der Waals surface area (Å²) in [6.45, 7) is 1.60. The smallest absolute Gasteiger partial charge is 0.147 e. The van der Waals surface area contributed by atoms with Gasteiger partial charge in [0, 0.05) is 31.8 Å². The molecule has 3 aromatic heterocycles. The molecule has 8 nitrogen and oxygen atoms in total. The van der Waals surface area contributed by atoms with Crippen LogP contribution in [-0.2, 0) is 4.74 Å². The minimum absolute atomic E-state index is 0.187. The molecule has 0 spiro atoms. The maximum atomic E-state index is 9.57. The van der Waals surface area contributed by atoms with E-state index in [1.807, 2.05) is 5.38 Å². The topological polar surface area (TPSA) is 114 Å². The van der Waals surface area contributed by atoms with Crippen LogP contribution in [0.15, 0.2) is 30.0 Å². The Bertz CT molecular complexity index is 999. The van der Waals surface area contributed by atoms with Crippen LogP contribution in [-0.4, -0.2) is 46.2 Å². The van der Waals surface area contributed by atoms with Crippen LogP contribution in [0.2, 0.25) is 0 Å². The number of ether oxygens (including phenoxy) is 1. The van der Waals surface area contributed by atoms with E-state index in [0.29, 0.717) is 22.8 Å². The van der Waals surface area contributed by atoms with Gasteiger partial charge >= 0.3 is 0 Å². The quantitative estimate of drug-likeness (QED) is 0.735. The summed E-state index contributed by atoms with van der Waals surface area (Å²) in [6, 6.07) is 3.80. The van der Waals surface area contributed by atoms with Gasteiger partial charge in [-0.05, 0) is 12.5 Å². The van der Waals surface area contributed by atoms with Crippen LogP contribution in [0.3, 0.4) is 0 Å². The molecule has 0 amide bonds. The second-order valence-corrected chi connectivity index (χ2v) is 7.02. The van der Waals surface area contributed by atoms with E-state index in [1.54, 1.807) is 31.8 Å². The van der Waals surface area contributed by atoms with Crippen molar-refractivity contribution in [2.24, 2.45) is 0 Å². The van der Waals surface area contributed by atoms with Gasteiger partial charge < -0.3 is 15.4 Å². The molecule has 1 atom stereocenters. The monoisotopic (exact) mass is 379 g/mol. The third-order valence-electron chi connectivity index (χ3n) is 4.48. The molecule has 2 N–H and O–H groups in total. The highest BCUT2D eigenvalue weighted by Gasteiger charge is 2.24. The molecular formula is C18H17N7OS. The number of rotatable bonds is 4. The van der Waals surface area contributed by atoms with Crippen molar-refractivity contribution in [1.82, 2.24) is 19.9 Å². The summed E-state index contributed by atoms with van der Waals surface area (Å²) in [6.07, 6.45) is 6.14. The Morgan fingerprint density at radius 2 is 2.22 bits per heavy atom. The standard InChI is InChI=1S/C18H17N7OS/c1-26-11-2-4-25(10-11)16-9-21-8-15(23-16)17-12(7-19)13(20)6-14(24-17)18-22-3-5-27-18/h3,5-6,8-9,11H,2,4,10H2,1H3,(H2,20,24)/t11-/m1/s1. The van der Waals surface area contributed by atoms with Gasteiger partial charge in [-0.3, -0.25) is 4.98 Å². The van der Waals surface area contributed by atoms with Gasteiger partial charge in [-0.2, -0.15) is 5.26 Å². The second-order valence-electron chi connectivity index (χ2n) is 6.12. The first-order valence-electron chi connectivity index (χ1n) is 8.40. The molecule has 1 saturated heterocycles. The predicted molar refractivity (Wildman–Crippen MR) is 103 cm³/mol. The molecule has 136 valence electrons. The van der Waals surface area contributed by atoms with Gasteiger partial charge in [0.25, 0.3) is 0 Å². The van der Waals surface area contributed by atoms with Crippen LogP contribution in [0.4, 0.5) is 11.5 Å². The first kappa shape index (κ1) is 17.3. The van der Waals surface area contributed by atoms with Crippen molar-refractivity contribution in [2.75, 3.05) is 30.8 Å². The van der Waals surface area contributed by atoms with Crippen molar-refractivity contribution < 1.29 is 4.74 Å². The van der Waals surface area contributed by atoms with Crippen LogP contribution in [0.25, 0.3) is 22.1 Å². The van der Waals surface area contributed by atoms with Crippen LogP contribution in [0.1, 0.15) is 12.0 Å². The number of methoxy groups -OCH3 is 1. The summed E-state index contributed by atoms with van der Waals surface area (Å²) in [5, 5.41) is 12.2. The highest BCUT2D eigenvalue weighted by molar-refractivity contribution is 7.13. The van der Waals surface area contributed by atoms with E-state index in [-0.39, 0.29) is 11.7 Å². The number of nitrogens with two attached hydrogens (primary N) is 1. The van der Waals surface area contributed by atoms with E-state index >= 15 is 0 Å². The number of hydrogen-bond acceptors (Lipinski definition) is 9. The van der Waals surface area contributed by atoms with Gasteiger partial charge in [0.05, 0.1) is 24.2 Å². The molecule has 4 rings (SSSR count). The Kier molecular flexibility index (Phi) is 4.66. The second kappa shape index (κ2) is 7.26. The first-order chi connectivity index (χ1) is 13.2. The zero-order valence-corrected chi connectivity index (χ0v) is 15.5. The minimum atomic E-state index is 0.187. The summed E-state index contributed by atoms with van der Waals surface area (Å²) >= 11 is 1.46. The molecule has 0 radical (unpaired) electrons. The Morgan fingerprint density at radius 1 is 1.33 bits per heavy atom. The Labute approximate surface area is 160 Å². The summed E-state index contributed by atoms with van der Waals surface area (Å²) < 4.78 is 5.42. The Hall–Kier alpha value is -3.09. The van der Waals surface area contributed by atoms with Crippen molar-refractivity contribution in [1.29, 1.82) is 5.26 Å². The van der Waals surface area contributed by atoms with Gasteiger partial charge in [0.1, 0.15) is 39.5 Å². The highest BCUT2D eigenvalue weighted by Crippen LogP contribution is 2.31. The molecule has 0 saturated carbocycles. The number of nitrogen functional groups attached to an aromatic ring is 1. The zero-order chi connectivity index (χ0) is 18.8. The molecule has 0 aliphatic carbocycles. The predicted octanol–water partition coefficient (Wildman–Crippen LogP) is 2.34. The zero-order valence-electron chi connectivity index (χ0n) is 14.7. The van der Waals surface area contributed by atoms with E-state index in [9.17, 15) is 5.26 Å². The molecular weight excluding hydrogens is 362 g/mol. The Balaban J connectivity index is 1.77. The number of nitrogens with zero attached hydrogens (tertiary/aromatic N) is 6. The van der Waals surface area contributed by atoms with E-state index in [4.69, 9.17) is 10.5 Å². The van der Waals surface area contributed by atoms with Crippen molar-refractivity contribution in [3.63, 3.8) is 0 Å². The average Bonchev–Trinajstić information content (AvgIpc) is 3.39. The van der Waals surface area contributed by atoms with Gasteiger partial charge in [0.2, 0.25) is 0 Å². The summed E-state index contributed by atoms with van der Waals surface area (Å²) in [7, 11) is 1.71. The van der Waals surface area contributed by atoms with Crippen LogP contribution in [0, 0.1) is 11.3 Å². The highest BCUT2D eigenvalue weighted by atomic mass is 32.1. The van der Waals surface area contributed by atoms with E-state index in [1.165, 1.54) is 11.3 Å². The van der Waals surface area contributed by atoms with Gasteiger partial charge in [0.15, 0.2) is 0 Å². The van der Waals surface area contributed by atoms with Crippen molar-refractivity contribution in [2.45, 2.75) is 12.5 Å². The molecule has 1 fully saturated rings. The molecule has 4 heterocycles. The van der Waals surface area contributed by atoms with E-state index in [2.05, 4.69) is 30.9 Å². The number of aromatic nitrogens is 4. The average molecular weight is 379 g/mol. The number of nitriles is 1. The normalized spacial score (nSPS) is 16.4. The van der Waals surface area contributed by atoms with Gasteiger partial charge in [-0.15, -0.1) is 11.3 Å². The summed E-state index contributed by atoms with van der Waals surface area (Å²) in [4.78, 5) is 20.0. The van der Waals surface area contributed by atoms with Crippen LogP contribution in [0.5, 0.6) is 0 Å². The fourth-order valence-corrected chi connectivity index (χ4v) is 3.68. The van der Waals surface area contributed by atoms with Gasteiger partial charge in [-0.25, -0.2) is 15.0 Å². The summed E-state index contributed by atoms with van der Waals surface area (Å²) in [5.74, 6) is 0.732. The van der Waals surface area contributed by atoms with Gasteiger partial charge in [-0.1, -0.05) is 0 Å². The molecule has 27 heavy (non-hydrogen) atoms. The maximum absolute atomic E-state index is 9.57. The van der Waals surface area contributed by atoms with Crippen molar-refractivity contribution in [3.8, 4) is 28.2 Å². The fourth-order valence-electron chi connectivity index (χ4n) is 3.08. The largest absolute Gasteiger partial charge is 0.398 e. The molecule has 0 unspecified atom stereocenters. The minimum Gasteiger partial charge on any atom is -0.398 e. The van der Waals surface area contributed by atoms with Crippen molar-refractivity contribution >= 4 is 22.8 Å². The first-order valence-corrected chi connectivity index (χ1v) is 9.28. The molecule has 1 aliphatic heterocycles. The van der Waals surface area contributed by atoms with Crippen molar-refractivity contribution in [3.05, 3.63) is 35.6 Å². The third-order valence-corrected chi connectivity index (χ3v) is 5.28. The maximum Gasteiger partial charge on any atom is 0.147 e. The number of anilines is 2. The van der Waals surface area contributed by atoms with E-state index in [0.717, 1.165) is 30.3 Å². The lowest BCUT2D eigenvalue weighted by Crippen LogP contribution is -2.23. The van der Waals surface area contributed by atoms with Crippen LogP contribution < -0.4 is 10.6 Å². The molecule has 9 heteroatoms. The fraction of sp³-hybridized carbons (Fsp3) is 0.278. The molecule has 3 aromatic rings. The lowest BCUT2D eigenvalue weighted by atomic mass is 10.1. The third kappa shape index (κ3) is 3.32. The van der Waals surface area contributed by atoms with E-state index < -0.39 is 0 Å².